The van der Waals surface area contributed by atoms with Gasteiger partial charge in [0, 0.05) is 37.2 Å². The number of amides is 2. The third kappa shape index (κ3) is 5.34. The van der Waals surface area contributed by atoms with Crippen molar-refractivity contribution in [2.45, 2.75) is 13.5 Å². The van der Waals surface area contributed by atoms with Crippen LogP contribution in [0.5, 0.6) is 0 Å². The summed E-state index contributed by atoms with van der Waals surface area (Å²) >= 11 is 0. The number of aromatic nitrogens is 2. The Balaban J connectivity index is 1.55. The first-order chi connectivity index (χ1) is 13.5. The summed E-state index contributed by atoms with van der Waals surface area (Å²) < 4.78 is 12.9. The molecule has 0 radical (unpaired) electrons. The molecule has 0 saturated carbocycles. The van der Waals surface area contributed by atoms with E-state index in [2.05, 4.69) is 25.9 Å². The van der Waals surface area contributed by atoms with Gasteiger partial charge in [0.05, 0.1) is 5.56 Å². The average Bonchev–Trinajstić information content (AvgIpc) is 2.69. The number of halogens is 1. The Kier molecular flexibility index (Phi) is 5.91. The summed E-state index contributed by atoms with van der Waals surface area (Å²) in [5.41, 5.74) is 2.41. The summed E-state index contributed by atoms with van der Waals surface area (Å²) in [4.78, 5) is 31.5. The van der Waals surface area contributed by atoms with Crippen LogP contribution >= 0.6 is 0 Å². The second-order valence-corrected chi connectivity index (χ2v) is 5.99. The van der Waals surface area contributed by atoms with E-state index in [1.54, 1.807) is 36.4 Å². The highest BCUT2D eigenvalue weighted by atomic mass is 19.1. The number of nitrogens with one attached hydrogen (secondary N) is 3. The number of rotatable bonds is 6. The number of nitrogens with zero attached hydrogens (tertiary/aromatic N) is 2. The lowest BCUT2D eigenvalue weighted by molar-refractivity contribution is -0.114. The van der Waals surface area contributed by atoms with Gasteiger partial charge in [0.1, 0.15) is 5.82 Å². The van der Waals surface area contributed by atoms with Crippen LogP contribution in [-0.2, 0) is 11.3 Å². The molecular weight excluding hydrogens is 361 g/mol. The van der Waals surface area contributed by atoms with Crippen LogP contribution in [0.2, 0.25) is 0 Å². The molecule has 3 N–H and O–H groups in total. The molecule has 3 aromatic rings. The molecular formula is C20H18FN5O2. The largest absolute Gasteiger partial charge is 0.350 e. The predicted octanol–water partition coefficient (Wildman–Crippen LogP) is 3.44. The van der Waals surface area contributed by atoms with Gasteiger partial charge in [0.25, 0.3) is 5.91 Å². The first-order valence-corrected chi connectivity index (χ1v) is 8.49. The molecule has 0 aliphatic heterocycles. The van der Waals surface area contributed by atoms with E-state index in [0.29, 0.717) is 29.4 Å². The molecule has 2 aromatic carbocycles. The van der Waals surface area contributed by atoms with Gasteiger partial charge < -0.3 is 16.0 Å². The fourth-order valence-corrected chi connectivity index (χ4v) is 2.36. The van der Waals surface area contributed by atoms with Gasteiger partial charge in [-0.05, 0) is 42.0 Å². The molecule has 142 valence electrons. The van der Waals surface area contributed by atoms with Crippen molar-refractivity contribution in [1.29, 1.82) is 0 Å². The number of carbonyl (C=O) groups excluding carboxylic acids is 2. The maximum Gasteiger partial charge on any atom is 0.258 e. The van der Waals surface area contributed by atoms with Crippen LogP contribution < -0.4 is 16.0 Å². The highest BCUT2D eigenvalue weighted by Gasteiger charge is 2.08. The molecule has 2 amide bonds. The SMILES string of the molecule is CC(=O)Nc1ccc(NC(=O)c2cnc(NCc3ccc(F)cc3)nc2)cc1. The molecule has 7 nitrogen and oxygen atoms in total. The third-order valence-electron chi connectivity index (χ3n) is 3.74. The van der Waals surface area contributed by atoms with E-state index in [9.17, 15) is 14.0 Å². The molecule has 0 aliphatic rings. The van der Waals surface area contributed by atoms with E-state index in [0.717, 1.165) is 5.56 Å². The van der Waals surface area contributed by atoms with Crippen molar-refractivity contribution in [3.05, 3.63) is 77.9 Å². The van der Waals surface area contributed by atoms with Crippen LogP contribution in [0.1, 0.15) is 22.8 Å². The van der Waals surface area contributed by atoms with Crippen LogP contribution in [-0.4, -0.2) is 21.8 Å². The van der Waals surface area contributed by atoms with Crippen LogP contribution in [0.25, 0.3) is 0 Å². The average molecular weight is 379 g/mol. The number of hydrogen-bond acceptors (Lipinski definition) is 5. The standard InChI is InChI=1S/C20H18FN5O2/c1-13(27)25-17-6-8-18(9-7-17)26-19(28)15-11-23-20(24-12-15)22-10-14-2-4-16(21)5-3-14/h2-9,11-12H,10H2,1H3,(H,25,27)(H,26,28)(H,22,23,24). The van der Waals surface area contributed by atoms with Crippen LogP contribution in [0.4, 0.5) is 21.7 Å². The van der Waals surface area contributed by atoms with E-state index >= 15 is 0 Å². The molecule has 0 atom stereocenters. The monoisotopic (exact) mass is 379 g/mol. The summed E-state index contributed by atoms with van der Waals surface area (Å²) in [5, 5.41) is 8.39. The van der Waals surface area contributed by atoms with E-state index in [4.69, 9.17) is 0 Å². The lowest BCUT2D eigenvalue weighted by Crippen LogP contribution is -2.13. The normalized spacial score (nSPS) is 10.2. The van der Waals surface area contributed by atoms with E-state index in [-0.39, 0.29) is 17.6 Å². The summed E-state index contributed by atoms with van der Waals surface area (Å²) in [6, 6.07) is 12.8. The predicted molar refractivity (Wildman–Crippen MR) is 104 cm³/mol. The van der Waals surface area contributed by atoms with Crippen molar-refractivity contribution < 1.29 is 14.0 Å². The molecule has 28 heavy (non-hydrogen) atoms. The Morgan fingerprint density at radius 3 is 2.04 bits per heavy atom. The Morgan fingerprint density at radius 2 is 1.46 bits per heavy atom. The molecule has 0 aliphatic carbocycles. The zero-order valence-corrected chi connectivity index (χ0v) is 15.1. The van der Waals surface area contributed by atoms with Crippen molar-refractivity contribution in [3.63, 3.8) is 0 Å². The lowest BCUT2D eigenvalue weighted by Gasteiger charge is -2.08. The fraction of sp³-hybridized carbons (Fsp3) is 0.100. The van der Waals surface area contributed by atoms with E-state index < -0.39 is 0 Å². The van der Waals surface area contributed by atoms with Gasteiger partial charge in [-0.25, -0.2) is 14.4 Å². The number of benzene rings is 2. The highest BCUT2D eigenvalue weighted by Crippen LogP contribution is 2.14. The second kappa shape index (κ2) is 8.72. The number of carbonyl (C=O) groups is 2. The molecule has 0 spiro atoms. The fourth-order valence-electron chi connectivity index (χ4n) is 2.36. The Labute approximate surface area is 161 Å². The Hall–Kier alpha value is -3.81. The third-order valence-corrected chi connectivity index (χ3v) is 3.74. The summed E-state index contributed by atoms with van der Waals surface area (Å²) in [6.45, 7) is 1.86. The maximum absolute atomic E-state index is 12.9. The zero-order chi connectivity index (χ0) is 19.9. The van der Waals surface area contributed by atoms with Crippen LogP contribution in [0.15, 0.2) is 60.9 Å². The van der Waals surface area contributed by atoms with Crippen molar-refractivity contribution in [1.82, 2.24) is 9.97 Å². The summed E-state index contributed by atoms with van der Waals surface area (Å²) in [5.74, 6) is -0.444. The minimum atomic E-state index is -0.350. The maximum atomic E-state index is 12.9. The van der Waals surface area contributed by atoms with Gasteiger partial charge in [-0.3, -0.25) is 9.59 Å². The van der Waals surface area contributed by atoms with Gasteiger partial charge in [0.2, 0.25) is 11.9 Å². The van der Waals surface area contributed by atoms with E-state index in [1.807, 2.05) is 0 Å². The van der Waals surface area contributed by atoms with Crippen molar-refractivity contribution in [2.75, 3.05) is 16.0 Å². The number of hydrogen-bond donors (Lipinski definition) is 3. The first kappa shape index (κ1) is 19.0. The smallest absolute Gasteiger partial charge is 0.258 e. The highest BCUT2D eigenvalue weighted by molar-refractivity contribution is 6.04. The molecule has 1 aromatic heterocycles. The van der Waals surface area contributed by atoms with Gasteiger partial charge in [-0.15, -0.1) is 0 Å². The second-order valence-electron chi connectivity index (χ2n) is 5.99. The number of anilines is 3. The zero-order valence-electron chi connectivity index (χ0n) is 15.1. The minimum Gasteiger partial charge on any atom is -0.350 e. The first-order valence-electron chi connectivity index (χ1n) is 8.49. The van der Waals surface area contributed by atoms with Crippen molar-refractivity contribution in [3.8, 4) is 0 Å². The topological polar surface area (TPSA) is 96.0 Å². The van der Waals surface area contributed by atoms with Gasteiger partial charge in [-0.1, -0.05) is 12.1 Å². The molecule has 0 saturated heterocycles. The van der Waals surface area contributed by atoms with E-state index in [1.165, 1.54) is 31.5 Å². The minimum absolute atomic E-state index is 0.165. The van der Waals surface area contributed by atoms with Crippen LogP contribution in [0.3, 0.4) is 0 Å². The molecule has 1 heterocycles. The van der Waals surface area contributed by atoms with Crippen molar-refractivity contribution in [2.24, 2.45) is 0 Å². The Morgan fingerprint density at radius 1 is 0.893 bits per heavy atom. The van der Waals surface area contributed by atoms with Gasteiger partial charge >= 0.3 is 0 Å². The quantitative estimate of drug-likeness (QED) is 0.610. The molecule has 8 heteroatoms. The lowest BCUT2D eigenvalue weighted by atomic mass is 10.2. The van der Waals surface area contributed by atoms with Crippen LogP contribution in [0, 0.1) is 5.82 Å². The molecule has 0 unspecified atom stereocenters. The van der Waals surface area contributed by atoms with Gasteiger partial charge in [-0.2, -0.15) is 0 Å². The summed E-state index contributed by atoms with van der Waals surface area (Å²) in [7, 11) is 0. The summed E-state index contributed by atoms with van der Waals surface area (Å²) in [6.07, 6.45) is 2.84. The molecule has 3 rings (SSSR count). The molecule has 0 bridgehead atoms. The molecule has 0 fully saturated rings. The van der Waals surface area contributed by atoms with Gasteiger partial charge in [0.15, 0.2) is 0 Å². The van der Waals surface area contributed by atoms with Crippen molar-refractivity contribution >= 4 is 29.1 Å². The Bertz CT molecular complexity index is 957.